The van der Waals surface area contributed by atoms with Crippen molar-refractivity contribution in [3.63, 3.8) is 0 Å². The molecule has 0 amide bonds. The summed E-state index contributed by atoms with van der Waals surface area (Å²) in [6.45, 7) is 2.51. The second kappa shape index (κ2) is 7.90. The number of rotatable bonds is 6. The van der Waals surface area contributed by atoms with Crippen LogP contribution in [0, 0.1) is 18.9 Å². The van der Waals surface area contributed by atoms with Gasteiger partial charge in [-0.25, -0.2) is 12.7 Å². The molecule has 0 spiro atoms. The fourth-order valence-corrected chi connectivity index (χ4v) is 2.34. The van der Waals surface area contributed by atoms with Crippen LogP contribution in [0.25, 0.3) is 0 Å². The lowest BCUT2D eigenvalue weighted by Crippen LogP contribution is -2.22. The number of sulfonamides is 1. The van der Waals surface area contributed by atoms with Crippen molar-refractivity contribution in [2.45, 2.75) is 18.2 Å². The number of aryl methyl sites for hydroxylation is 1. The van der Waals surface area contributed by atoms with Crippen molar-refractivity contribution in [1.29, 1.82) is 0 Å². The van der Waals surface area contributed by atoms with Crippen LogP contribution in [-0.2, 0) is 19.5 Å². The third-order valence-corrected chi connectivity index (χ3v) is 4.17. The molecule has 0 heterocycles. The molecule has 1 aromatic rings. The molecule has 0 aliphatic rings. The minimum Gasteiger partial charge on any atom is -0.359 e. The number of hydrogen-bond acceptors (Lipinski definition) is 4. The van der Waals surface area contributed by atoms with Crippen molar-refractivity contribution < 1.29 is 17.9 Å². The highest BCUT2D eigenvalue weighted by molar-refractivity contribution is 7.89. The predicted octanol–water partition coefficient (Wildman–Crippen LogP) is 1.59. The SMILES string of the molecule is COCOCCC#CN(C)S(=O)(=O)c1ccc(C)cc1. The molecule has 0 radical (unpaired) electrons. The predicted molar refractivity (Wildman–Crippen MR) is 76.3 cm³/mol. The number of benzene rings is 1. The number of nitrogens with zero attached hydrogens (tertiary/aromatic N) is 1. The van der Waals surface area contributed by atoms with Crippen molar-refractivity contribution in [3.8, 4) is 12.0 Å². The second-order valence-electron chi connectivity index (χ2n) is 4.14. The van der Waals surface area contributed by atoms with E-state index >= 15 is 0 Å². The minimum absolute atomic E-state index is 0.208. The van der Waals surface area contributed by atoms with Crippen molar-refractivity contribution in [3.05, 3.63) is 29.8 Å². The first kappa shape index (κ1) is 16.5. The summed E-state index contributed by atoms with van der Waals surface area (Å²) in [6.07, 6.45) is 0.442. The summed E-state index contributed by atoms with van der Waals surface area (Å²) >= 11 is 0. The van der Waals surface area contributed by atoms with Crippen LogP contribution >= 0.6 is 0 Å². The van der Waals surface area contributed by atoms with Gasteiger partial charge in [0.1, 0.15) is 6.79 Å². The Hall–Kier alpha value is -1.55. The summed E-state index contributed by atoms with van der Waals surface area (Å²) in [5.41, 5.74) is 1.01. The molecule has 6 heteroatoms. The van der Waals surface area contributed by atoms with Crippen LogP contribution in [-0.4, -0.2) is 40.3 Å². The zero-order chi connectivity index (χ0) is 15.0. The van der Waals surface area contributed by atoms with Crippen molar-refractivity contribution in [2.24, 2.45) is 0 Å². The molecule has 0 fully saturated rings. The van der Waals surface area contributed by atoms with Crippen LogP contribution in [0.4, 0.5) is 0 Å². The molecular weight excluding hydrogens is 278 g/mol. The smallest absolute Gasteiger partial charge is 0.270 e. The number of ether oxygens (including phenoxy) is 2. The van der Waals surface area contributed by atoms with Gasteiger partial charge < -0.3 is 9.47 Å². The van der Waals surface area contributed by atoms with Crippen LogP contribution in [0.1, 0.15) is 12.0 Å². The van der Waals surface area contributed by atoms with Gasteiger partial charge >= 0.3 is 0 Å². The Kier molecular flexibility index (Phi) is 6.52. The van der Waals surface area contributed by atoms with Crippen LogP contribution in [0.5, 0.6) is 0 Å². The highest BCUT2D eigenvalue weighted by Gasteiger charge is 2.17. The Morgan fingerprint density at radius 1 is 1.25 bits per heavy atom. The van der Waals surface area contributed by atoms with Gasteiger partial charge in [-0.15, -0.1) is 0 Å². The van der Waals surface area contributed by atoms with Crippen LogP contribution in [0.15, 0.2) is 29.2 Å². The molecule has 0 aromatic heterocycles. The normalized spacial score (nSPS) is 10.8. The first-order valence-electron chi connectivity index (χ1n) is 6.09. The van der Waals surface area contributed by atoms with E-state index in [-0.39, 0.29) is 11.7 Å². The number of methoxy groups -OCH3 is 1. The molecule has 110 valence electrons. The van der Waals surface area contributed by atoms with Gasteiger partial charge in [0.05, 0.1) is 11.5 Å². The topological polar surface area (TPSA) is 55.8 Å². The van der Waals surface area contributed by atoms with E-state index in [9.17, 15) is 8.42 Å². The highest BCUT2D eigenvalue weighted by Crippen LogP contribution is 2.14. The van der Waals surface area contributed by atoms with Gasteiger partial charge in [-0.1, -0.05) is 23.6 Å². The summed E-state index contributed by atoms with van der Waals surface area (Å²) in [7, 11) is -0.595. The molecule has 5 nitrogen and oxygen atoms in total. The largest absolute Gasteiger partial charge is 0.359 e. The quantitative estimate of drug-likeness (QED) is 0.346. The summed E-state index contributed by atoms with van der Waals surface area (Å²) in [5.74, 6) is 2.75. The molecule has 0 unspecified atom stereocenters. The second-order valence-corrected chi connectivity index (χ2v) is 6.11. The summed E-state index contributed by atoms with van der Waals surface area (Å²) in [5, 5.41) is 0. The number of hydrogen-bond donors (Lipinski definition) is 0. The van der Waals surface area contributed by atoms with E-state index in [0.29, 0.717) is 13.0 Å². The van der Waals surface area contributed by atoms with E-state index in [1.807, 2.05) is 6.92 Å². The lowest BCUT2D eigenvalue weighted by atomic mass is 10.2. The molecule has 1 aromatic carbocycles. The Labute approximate surface area is 120 Å². The van der Waals surface area contributed by atoms with Gasteiger partial charge in [0.25, 0.3) is 10.0 Å². The average molecular weight is 297 g/mol. The molecule has 0 aliphatic carbocycles. The minimum atomic E-state index is -3.56. The Morgan fingerprint density at radius 2 is 1.90 bits per heavy atom. The molecule has 0 aliphatic heterocycles. The average Bonchev–Trinajstić information content (AvgIpc) is 2.43. The van der Waals surface area contributed by atoms with Crippen LogP contribution < -0.4 is 0 Å². The molecular formula is C14H19NO4S. The Balaban J connectivity index is 2.64. The maximum atomic E-state index is 12.2. The fraction of sp³-hybridized carbons (Fsp3) is 0.429. The van der Waals surface area contributed by atoms with Gasteiger partial charge in [-0.05, 0) is 19.1 Å². The molecule has 0 atom stereocenters. The fourth-order valence-electron chi connectivity index (χ4n) is 1.36. The van der Waals surface area contributed by atoms with Crippen LogP contribution in [0.3, 0.4) is 0 Å². The molecule has 1 rings (SSSR count). The van der Waals surface area contributed by atoms with Crippen LogP contribution in [0.2, 0.25) is 0 Å². The Bertz CT molecular complexity index is 569. The zero-order valence-electron chi connectivity index (χ0n) is 11.9. The van der Waals surface area contributed by atoms with E-state index in [4.69, 9.17) is 9.47 Å². The Morgan fingerprint density at radius 3 is 2.50 bits per heavy atom. The van der Waals surface area contributed by atoms with Crippen molar-refractivity contribution >= 4 is 10.0 Å². The molecule has 0 saturated heterocycles. The maximum absolute atomic E-state index is 12.2. The molecule has 20 heavy (non-hydrogen) atoms. The molecule has 0 bridgehead atoms. The summed E-state index contributed by atoms with van der Waals surface area (Å²) in [4.78, 5) is 0.232. The third kappa shape index (κ3) is 4.85. The highest BCUT2D eigenvalue weighted by atomic mass is 32.2. The first-order chi connectivity index (χ1) is 9.48. The standard InChI is InChI=1S/C14H19NO4S/c1-13-6-8-14(9-7-13)20(16,17)15(2)10-4-5-11-19-12-18-3/h6-9H,5,11-12H2,1-3H3. The molecule has 0 saturated carbocycles. The summed E-state index contributed by atoms with van der Waals surface area (Å²) in [6, 6.07) is 9.25. The zero-order valence-corrected chi connectivity index (χ0v) is 12.7. The monoisotopic (exact) mass is 297 g/mol. The van der Waals surface area contributed by atoms with Crippen molar-refractivity contribution in [1.82, 2.24) is 4.31 Å². The van der Waals surface area contributed by atoms with Gasteiger partial charge in [0, 0.05) is 26.6 Å². The first-order valence-corrected chi connectivity index (χ1v) is 7.53. The van der Waals surface area contributed by atoms with E-state index in [1.54, 1.807) is 24.3 Å². The van der Waals surface area contributed by atoms with Gasteiger partial charge in [-0.2, -0.15) is 0 Å². The van der Waals surface area contributed by atoms with E-state index in [2.05, 4.69) is 12.0 Å². The third-order valence-electron chi connectivity index (χ3n) is 2.49. The maximum Gasteiger partial charge on any atom is 0.270 e. The van der Waals surface area contributed by atoms with Gasteiger partial charge in [0.2, 0.25) is 0 Å². The van der Waals surface area contributed by atoms with Gasteiger partial charge in [0.15, 0.2) is 0 Å². The van der Waals surface area contributed by atoms with E-state index in [1.165, 1.54) is 14.2 Å². The van der Waals surface area contributed by atoms with E-state index in [0.717, 1.165) is 9.87 Å². The lowest BCUT2D eigenvalue weighted by molar-refractivity contribution is -0.0281. The van der Waals surface area contributed by atoms with Gasteiger partial charge in [-0.3, -0.25) is 0 Å². The van der Waals surface area contributed by atoms with Crippen molar-refractivity contribution in [2.75, 3.05) is 27.6 Å². The summed E-state index contributed by atoms with van der Waals surface area (Å²) < 4.78 is 35.2. The molecule has 0 N–H and O–H groups in total. The van der Waals surface area contributed by atoms with E-state index < -0.39 is 10.0 Å². The lowest BCUT2D eigenvalue weighted by Gasteiger charge is -2.12.